The Morgan fingerprint density at radius 3 is 2.55 bits per heavy atom. The van der Waals surface area contributed by atoms with Crippen LogP contribution in [0.1, 0.15) is 12.0 Å². The maximum atomic E-state index is 4.40. The van der Waals surface area contributed by atoms with Gasteiger partial charge in [0, 0.05) is 51.0 Å². The largest absolute Gasteiger partial charge is 0.340 e. The predicted molar refractivity (Wildman–Crippen MR) is 85.4 cm³/mol. The molecule has 114 valence electrons. The van der Waals surface area contributed by atoms with Crippen LogP contribution in [0.15, 0.2) is 43.0 Å². The summed E-state index contributed by atoms with van der Waals surface area (Å²) in [4.78, 5) is 17.8. The summed E-state index contributed by atoms with van der Waals surface area (Å²) in [6.07, 6.45) is 8.71. The summed E-state index contributed by atoms with van der Waals surface area (Å²) in [7, 11) is 0. The highest BCUT2D eigenvalue weighted by molar-refractivity contribution is 5.31. The number of nitrogens with zero attached hydrogens (tertiary/aromatic N) is 5. The first kappa shape index (κ1) is 13.6. The van der Waals surface area contributed by atoms with Gasteiger partial charge in [-0.05, 0) is 48.6 Å². The van der Waals surface area contributed by atoms with Crippen molar-refractivity contribution < 1.29 is 0 Å². The van der Waals surface area contributed by atoms with Gasteiger partial charge in [0.05, 0.1) is 0 Å². The molecule has 2 fully saturated rings. The zero-order valence-electron chi connectivity index (χ0n) is 12.7. The minimum absolute atomic E-state index is 0.736. The molecule has 0 bridgehead atoms. The smallest absolute Gasteiger partial charge is 0.225 e. The second-order valence-electron chi connectivity index (χ2n) is 6.35. The van der Waals surface area contributed by atoms with Gasteiger partial charge in [-0.15, -0.1) is 0 Å². The van der Waals surface area contributed by atoms with Crippen molar-refractivity contribution in [1.29, 1.82) is 0 Å². The summed E-state index contributed by atoms with van der Waals surface area (Å²) in [6.45, 7) is 5.59. The van der Waals surface area contributed by atoms with Crippen molar-refractivity contribution in [1.82, 2.24) is 19.9 Å². The second-order valence-corrected chi connectivity index (χ2v) is 6.35. The Morgan fingerprint density at radius 1 is 0.955 bits per heavy atom. The van der Waals surface area contributed by atoms with Gasteiger partial charge in [0.25, 0.3) is 0 Å². The summed E-state index contributed by atoms with van der Waals surface area (Å²) in [5, 5.41) is 0. The van der Waals surface area contributed by atoms with E-state index < -0.39 is 0 Å². The summed E-state index contributed by atoms with van der Waals surface area (Å²) in [5.41, 5.74) is 1.36. The third-order valence-corrected chi connectivity index (χ3v) is 4.88. The molecule has 22 heavy (non-hydrogen) atoms. The van der Waals surface area contributed by atoms with Crippen LogP contribution in [0.3, 0.4) is 0 Å². The van der Waals surface area contributed by atoms with Crippen LogP contribution in [0.2, 0.25) is 0 Å². The van der Waals surface area contributed by atoms with E-state index in [1.54, 1.807) is 0 Å². The maximum absolute atomic E-state index is 4.40. The lowest BCUT2D eigenvalue weighted by atomic mass is 9.88. The Labute approximate surface area is 131 Å². The van der Waals surface area contributed by atoms with Crippen molar-refractivity contribution in [3.63, 3.8) is 0 Å². The highest BCUT2D eigenvalue weighted by atomic mass is 15.3. The van der Waals surface area contributed by atoms with Crippen molar-refractivity contribution in [2.45, 2.75) is 13.0 Å². The number of hydrogen-bond donors (Lipinski definition) is 0. The third-order valence-electron chi connectivity index (χ3n) is 4.88. The number of hydrogen-bond acceptors (Lipinski definition) is 5. The third kappa shape index (κ3) is 2.81. The molecule has 2 saturated heterocycles. The molecule has 5 nitrogen and oxygen atoms in total. The van der Waals surface area contributed by atoms with Crippen LogP contribution in [0.4, 0.5) is 5.95 Å². The minimum Gasteiger partial charge on any atom is -0.340 e. The van der Waals surface area contributed by atoms with Crippen LogP contribution in [-0.4, -0.2) is 46.0 Å². The van der Waals surface area contributed by atoms with E-state index in [0.717, 1.165) is 37.4 Å². The molecule has 2 aromatic heterocycles. The van der Waals surface area contributed by atoms with Crippen LogP contribution in [0.5, 0.6) is 0 Å². The van der Waals surface area contributed by atoms with Gasteiger partial charge in [-0.3, -0.25) is 9.88 Å². The maximum Gasteiger partial charge on any atom is 0.225 e. The van der Waals surface area contributed by atoms with Crippen molar-refractivity contribution in [2.24, 2.45) is 11.8 Å². The van der Waals surface area contributed by atoms with E-state index in [2.05, 4.69) is 36.9 Å². The number of fused-ring (bicyclic) bond motifs is 1. The molecule has 4 rings (SSSR count). The van der Waals surface area contributed by atoms with Gasteiger partial charge >= 0.3 is 0 Å². The Kier molecular flexibility index (Phi) is 3.72. The highest BCUT2D eigenvalue weighted by Gasteiger charge is 2.37. The Morgan fingerprint density at radius 2 is 1.73 bits per heavy atom. The molecule has 2 aliphatic rings. The zero-order valence-corrected chi connectivity index (χ0v) is 12.7. The van der Waals surface area contributed by atoms with Gasteiger partial charge in [0.2, 0.25) is 5.95 Å². The van der Waals surface area contributed by atoms with Crippen LogP contribution < -0.4 is 4.90 Å². The number of anilines is 1. The molecule has 0 unspecified atom stereocenters. The molecule has 0 spiro atoms. The first-order chi connectivity index (χ1) is 10.9. The van der Waals surface area contributed by atoms with Crippen LogP contribution in [0.25, 0.3) is 0 Å². The normalized spacial score (nSPS) is 25.2. The fourth-order valence-electron chi connectivity index (χ4n) is 3.75. The molecule has 0 aliphatic carbocycles. The van der Waals surface area contributed by atoms with Crippen molar-refractivity contribution in [3.05, 3.63) is 48.5 Å². The van der Waals surface area contributed by atoms with Crippen molar-refractivity contribution in [2.75, 3.05) is 31.1 Å². The topological polar surface area (TPSA) is 45.2 Å². The minimum atomic E-state index is 0.736. The van der Waals surface area contributed by atoms with E-state index in [0.29, 0.717) is 0 Å². The molecule has 0 saturated carbocycles. The van der Waals surface area contributed by atoms with Crippen LogP contribution >= 0.6 is 0 Å². The average Bonchev–Trinajstić information content (AvgIpc) is 3.00. The predicted octanol–water partition coefficient (Wildman–Crippen LogP) is 1.83. The van der Waals surface area contributed by atoms with Gasteiger partial charge in [0.15, 0.2) is 0 Å². The first-order valence-corrected chi connectivity index (χ1v) is 8.02. The number of likely N-dealkylation sites (tertiary alicyclic amines) is 1. The van der Waals surface area contributed by atoms with Gasteiger partial charge in [0.1, 0.15) is 0 Å². The van der Waals surface area contributed by atoms with Gasteiger partial charge in [-0.25, -0.2) is 9.97 Å². The van der Waals surface area contributed by atoms with Gasteiger partial charge < -0.3 is 4.90 Å². The Bertz CT molecular complexity index is 603. The van der Waals surface area contributed by atoms with E-state index >= 15 is 0 Å². The average molecular weight is 295 g/mol. The van der Waals surface area contributed by atoms with E-state index in [-0.39, 0.29) is 0 Å². The fourth-order valence-corrected chi connectivity index (χ4v) is 3.75. The van der Waals surface area contributed by atoms with Gasteiger partial charge in [-0.1, -0.05) is 0 Å². The summed E-state index contributed by atoms with van der Waals surface area (Å²) in [6, 6.07) is 6.11. The monoisotopic (exact) mass is 295 g/mol. The van der Waals surface area contributed by atoms with E-state index in [1.807, 2.05) is 30.9 Å². The second kappa shape index (κ2) is 6.01. The molecular weight excluding hydrogens is 274 g/mol. The summed E-state index contributed by atoms with van der Waals surface area (Å²) >= 11 is 0. The number of aromatic nitrogens is 3. The molecule has 0 N–H and O–H groups in total. The molecule has 0 aromatic carbocycles. The lowest BCUT2D eigenvalue weighted by Gasteiger charge is -2.34. The molecule has 0 amide bonds. The number of pyridine rings is 1. The number of rotatable bonds is 3. The number of piperidine rings is 1. The lowest BCUT2D eigenvalue weighted by molar-refractivity contribution is 0.142. The van der Waals surface area contributed by atoms with Crippen LogP contribution in [0, 0.1) is 11.8 Å². The molecule has 2 aliphatic heterocycles. The quantitative estimate of drug-likeness (QED) is 0.864. The van der Waals surface area contributed by atoms with Crippen molar-refractivity contribution >= 4 is 5.95 Å². The molecular formula is C17H21N5. The molecule has 5 heteroatoms. The molecule has 2 aromatic rings. The molecule has 4 heterocycles. The zero-order chi connectivity index (χ0) is 14.8. The molecule has 0 radical (unpaired) electrons. The van der Waals surface area contributed by atoms with E-state index in [4.69, 9.17) is 0 Å². The first-order valence-electron chi connectivity index (χ1n) is 8.02. The van der Waals surface area contributed by atoms with E-state index in [9.17, 15) is 0 Å². The summed E-state index contributed by atoms with van der Waals surface area (Å²) < 4.78 is 0. The van der Waals surface area contributed by atoms with E-state index in [1.165, 1.54) is 25.1 Å². The highest BCUT2D eigenvalue weighted by Crippen LogP contribution is 2.33. The summed E-state index contributed by atoms with van der Waals surface area (Å²) in [5.74, 6) is 2.41. The SMILES string of the molecule is c1cnc(N2C[C@H]3CN(Cc4ccncc4)CC[C@H]3C2)nc1. The lowest BCUT2D eigenvalue weighted by Crippen LogP contribution is -2.39. The molecule has 2 atom stereocenters. The Hall–Kier alpha value is -2.01. The fraction of sp³-hybridized carbons (Fsp3) is 0.471. The van der Waals surface area contributed by atoms with Gasteiger partial charge in [-0.2, -0.15) is 0 Å². The van der Waals surface area contributed by atoms with Crippen molar-refractivity contribution in [3.8, 4) is 0 Å². The Balaban J connectivity index is 1.39. The van der Waals surface area contributed by atoms with Crippen LogP contribution in [-0.2, 0) is 6.54 Å². The standard InChI is InChI=1S/C17H21N5/c1-5-19-17(20-6-1)22-12-15-4-9-21(11-16(15)13-22)10-14-2-7-18-8-3-14/h1-3,5-8,15-16H,4,9-13H2/t15-,16+/m0/s1.